The van der Waals surface area contributed by atoms with Gasteiger partial charge in [0.2, 0.25) is 0 Å². The van der Waals surface area contributed by atoms with Crippen molar-refractivity contribution >= 4 is 38.3 Å². The second-order valence-electron chi connectivity index (χ2n) is 3.44. The molecule has 2 aromatic carbocycles. The number of hydrogen-bond donors (Lipinski definition) is 2. The zero-order chi connectivity index (χ0) is 11.5. The monoisotopic (exact) mass is 277 g/mol. The molecule has 3 N–H and O–H groups in total. The molecule has 16 heavy (non-hydrogen) atoms. The molecule has 0 fully saturated rings. The van der Waals surface area contributed by atoms with E-state index in [0.717, 1.165) is 15.5 Å². The zero-order valence-electron chi connectivity index (χ0n) is 8.87. The van der Waals surface area contributed by atoms with Crippen molar-refractivity contribution in [3.8, 4) is 0 Å². The molecule has 0 heterocycles. The van der Waals surface area contributed by atoms with Gasteiger partial charge in [0.1, 0.15) is 0 Å². The largest absolute Gasteiger partial charge is 0.370 e. The van der Waals surface area contributed by atoms with Gasteiger partial charge in [-0.1, -0.05) is 28.1 Å². The van der Waals surface area contributed by atoms with Crippen molar-refractivity contribution in [2.45, 2.75) is 0 Å². The van der Waals surface area contributed by atoms with Crippen LogP contribution in [0.5, 0.6) is 0 Å². The van der Waals surface area contributed by atoms with Crippen LogP contribution in [0.2, 0.25) is 0 Å². The fourth-order valence-corrected chi connectivity index (χ4v) is 1.88. The van der Waals surface area contributed by atoms with Crippen molar-refractivity contribution in [3.63, 3.8) is 0 Å². The minimum Gasteiger partial charge on any atom is -0.370 e. The summed E-state index contributed by atoms with van der Waals surface area (Å²) in [6.07, 6.45) is 0. The Labute approximate surface area is 102 Å². The van der Waals surface area contributed by atoms with Crippen LogP contribution < -0.4 is 11.1 Å². The number of halogens is 1. The summed E-state index contributed by atoms with van der Waals surface area (Å²) < 4.78 is 1.08. The van der Waals surface area contributed by atoms with Gasteiger partial charge in [-0.25, -0.2) is 0 Å². The topological polar surface area (TPSA) is 50.4 Å². The van der Waals surface area contributed by atoms with Gasteiger partial charge in [0, 0.05) is 17.2 Å². The highest BCUT2D eigenvalue weighted by Crippen LogP contribution is 2.22. The van der Waals surface area contributed by atoms with Gasteiger partial charge in [0.25, 0.3) is 0 Å². The van der Waals surface area contributed by atoms with E-state index < -0.39 is 0 Å². The van der Waals surface area contributed by atoms with Crippen molar-refractivity contribution in [3.05, 3.63) is 40.9 Å². The summed E-state index contributed by atoms with van der Waals surface area (Å²) in [6, 6.07) is 12.2. The molecule has 2 rings (SSSR count). The summed E-state index contributed by atoms with van der Waals surface area (Å²) in [4.78, 5) is 3.85. The van der Waals surface area contributed by atoms with Crippen LogP contribution in [0.1, 0.15) is 0 Å². The Bertz CT molecular complexity index is 549. The number of nitrogens with two attached hydrogens (primary N) is 1. The van der Waals surface area contributed by atoms with Crippen LogP contribution >= 0.6 is 15.9 Å². The molecule has 82 valence electrons. The normalized spacial score (nSPS) is 11.8. The maximum Gasteiger partial charge on any atom is 0.192 e. The third-order valence-electron chi connectivity index (χ3n) is 2.32. The lowest BCUT2D eigenvalue weighted by Crippen LogP contribution is -2.21. The van der Waals surface area contributed by atoms with Gasteiger partial charge in [-0.05, 0) is 35.0 Å². The van der Waals surface area contributed by atoms with E-state index in [1.807, 2.05) is 24.3 Å². The van der Waals surface area contributed by atoms with Gasteiger partial charge in [-0.3, -0.25) is 4.99 Å². The maximum atomic E-state index is 5.60. The Morgan fingerprint density at radius 2 is 1.88 bits per heavy atom. The minimum atomic E-state index is 0.413. The lowest BCUT2D eigenvalue weighted by Gasteiger charge is -2.06. The van der Waals surface area contributed by atoms with E-state index in [1.54, 1.807) is 7.05 Å². The van der Waals surface area contributed by atoms with Crippen LogP contribution in [-0.2, 0) is 0 Å². The second-order valence-corrected chi connectivity index (χ2v) is 4.36. The molecule has 0 amide bonds. The van der Waals surface area contributed by atoms with Gasteiger partial charge in [-0.15, -0.1) is 0 Å². The van der Waals surface area contributed by atoms with E-state index >= 15 is 0 Å². The minimum absolute atomic E-state index is 0.413. The predicted molar refractivity (Wildman–Crippen MR) is 72.8 cm³/mol. The number of rotatable bonds is 1. The van der Waals surface area contributed by atoms with Crippen LogP contribution in [0.4, 0.5) is 5.69 Å². The van der Waals surface area contributed by atoms with E-state index in [0.29, 0.717) is 5.96 Å². The molecule has 0 spiro atoms. The summed E-state index contributed by atoms with van der Waals surface area (Å²) in [5.74, 6) is 0.413. The lowest BCUT2D eigenvalue weighted by molar-refractivity contribution is 1.38. The summed E-state index contributed by atoms with van der Waals surface area (Å²) in [5, 5.41) is 5.37. The molecule has 0 atom stereocenters. The van der Waals surface area contributed by atoms with Gasteiger partial charge in [-0.2, -0.15) is 0 Å². The van der Waals surface area contributed by atoms with Gasteiger partial charge in [0.15, 0.2) is 5.96 Å². The molecule has 0 bridgehead atoms. The van der Waals surface area contributed by atoms with E-state index in [1.165, 1.54) is 5.39 Å². The molecule has 0 aliphatic heterocycles. The number of guanidine groups is 1. The number of aliphatic imine (C=N–C) groups is 1. The van der Waals surface area contributed by atoms with Crippen LogP contribution in [0.3, 0.4) is 0 Å². The Balaban J connectivity index is 2.41. The summed E-state index contributed by atoms with van der Waals surface area (Å²) in [6.45, 7) is 0. The highest BCUT2D eigenvalue weighted by Gasteiger charge is 1.98. The Kier molecular flexibility index (Phi) is 3.10. The van der Waals surface area contributed by atoms with Crippen LogP contribution in [0.25, 0.3) is 10.8 Å². The molecule has 0 radical (unpaired) electrons. The molecule has 0 aliphatic carbocycles. The first-order valence-corrected chi connectivity index (χ1v) is 5.67. The number of benzene rings is 2. The Hall–Kier alpha value is -1.55. The number of fused-ring (bicyclic) bond motifs is 1. The maximum absolute atomic E-state index is 5.60. The van der Waals surface area contributed by atoms with Crippen molar-refractivity contribution in [1.29, 1.82) is 0 Å². The molecule has 0 aromatic heterocycles. The molecule has 0 aliphatic rings. The van der Waals surface area contributed by atoms with E-state index in [-0.39, 0.29) is 0 Å². The Morgan fingerprint density at radius 1 is 1.19 bits per heavy atom. The molecule has 3 nitrogen and oxygen atoms in total. The average molecular weight is 278 g/mol. The van der Waals surface area contributed by atoms with Crippen LogP contribution in [-0.4, -0.2) is 13.0 Å². The molecular formula is C12H12BrN3. The first-order valence-electron chi connectivity index (χ1n) is 4.87. The summed E-state index contributed by atoms with van der Waals surface area (Å²) >= 11 is 3.45. The Morgan fingerprint density at radius 3 is 2.62 bits per heavy atom. The number of anilines is 1. The van der Waals surface area contributed by atoms with Crippen LogP contribution in [0, 0.1) is 0 Å². The van der Waals surface area contributed by atoms with Crippen molar-refractivity contribution in [2.75, 3.05) is 12.4 Å². The first kappa shape index (κ1) is 11.0. The first-order chi connectivity index (χ1) is 7.69. The highest BCUT2D eigenvalue weighted by atomic mass is 79.9. The fourth-order valence-electron chi connectivity index (χ4n) is 1.50. The zero-order valence-corrected chi connectivity index (χ0v) is 10.5. The molecule has 0 unspecified atom stereocenters. The number of hydrogen-bond acceptors (Lipinski definition) is 1. The lowest BCUT2D eigenvalue weighted by atomic mass is 10.1. The van der Waals surface area contributed by atoms with Crippen molar-refractivity contribution in [1.82, 2.24) is 0 Å². The fraction of sp³-hybridized carbons (Fsp3) is 0.0833. The molecular weight excluding hydrogens is 266 g/mol. The van der Waals surface area contributed by atoms with Crippen molar-refractivity contribution < 1.29 is 0 Å². The smallest absolute Gasteiger partial charge is 0.192 e. The third kappa shape index (κ3) is 2.33. The molecule has 4 heteroatoms. The van der Waals surface area contributed by atoms with Gasteiger partial charge in [0.05, 0.1) is 0 Å². The van der Waals surface area contributed by atoms with E-state index in [9.17, 15) is 0 Å². The quantitative estimate of drug-likeness (QED) is 0.622. The number of nitrogens with zero attached hydrogens (tertiary/aromatic N) is 1. The SMILES string of the molecule is CN=C(N)Nc1ccc2cc(Br)ccc2c1. The van der Waals surface area contributed by atoms with Crippen molar-refractivity contribution in [2.24, 2.45) is 10.7 Å². The second kappa shape index (κ2) is 4.53. The van der Waals surface area contributed by atoms with E-state index in [4.69, 9.17) is 5.73 Å². The summed E-state index contributed by atoms with van der Waals surface area (Å²) in [5.41, 5.74) is 6.55. The highest BCUT2D eigenvalue weighted by molar-refractivity contribution is 9.10. The third-order valence-corrected chi connectivity index (χ3v) is 2.81. The van der Waals surface area contributed by atoms with E-state index in [2.05, 4.69) is 38.4 Å². The van der Waals surface area contributed by atoms with Gasteiger partial charge >= 0.3 is 0 Å². The molecule has 0 saturated carbocycles. The molecule has 0 saturated heterocycles. The number of nitrogens with one attached hydrogen (secondary N) is 1. The van der Waals surface area contributed by atoms with Gasteiger partial charge < -0.3 is 11.1 Å². The average Bonchev–Trinajstić information content (AvgIpc) is 2.29. The van der Waals surface area contributed by atoms with Crippen LogP contribution in [0.15, 0.2) is 45.9 Å². The predicted octanol–water partition coefficient (Wildman–Crippen LogP) is 2.96. The molecule has 2 aromatic rings. The standard InChI is InChI=1S/C12H12BrN3/c1-15-12(14)16-11-5-3-8-6-10(13)4-2-9(8)7-11/h2-7H,1H3,(H3,14,15,16). The summed E-state index contributed by atoms with van der Waals surface area (Å²) in [7, 11) is 1.65.